The van der Waals surface area contributed by atoms with E-state index in [1.165, 1.54) is 5.56 Å². The molecule has 1 amide bonds. The molecular weight excluding hydrogens is 521 g/mol. The number of primary amides is 1. The smallest absolute Gasteiger partial charge is 0.221 e. The van der Waals surface area contributed by atoms with Crippen LogP contribution in [0.1, 0.15) is 24.8 Å². The highest BCUT2D eigenvalue weighted by Gasteiger charge is 2.23. The molecule has 27 heavy (non-hydrogen) atoms. The summed E-state index contributed by atoms with van der Waals surface area (Å²) in [7, 11) is 3.85. The van der Waals surface area contributed by atoms with E-state index in [9.17, 15) is 4.79 Å². The minimum atomic E-state index is -0.165. The third-order valence-electron chi connectivity index (χ3n) is 4.78. The van der Waals surface area contributed by atoms with Crippen molar-refractivity contribution in [3.63, 3.8) is 0 Å². The maximum atomic E-state index is 11.4. The number of nitrogens with two attached hydrogens (primary N) is 1. The van der Waals surface area contributed by atoms with Gasteiger partial charge in [0.1, 0.15) is 0 Å². The molecule has 0 saturated carbocycles. The van der Waals surface area contributed by atoms with Crippen LogP contribution >= 0.6 is 39.9 Å². The average Bonchev–Trinajstić information content (AvgIpc) is 2.64. The van der Waals surface area contributed by atoms with Crippen LogP contribution in [-0.4, -0.2) is 61.9 Å². The first-order valence-electron chi connectivity index (χ1n) is 9.18. The van der Waals surface area contributed by atoms with Crippen LogP contribution in [0.15, 0.2) is 33.7 Å². The lowest BCUT2D eigenvalue weighted by Gasteiger charge is -2.31. The first-order valence-corrected chi connectivity index (χ1v) is 9.97. The Morgan fingerprint density at radius 2 is 2.19 bits per heavy atom. The van der Waals surface area contributed by atoms with Gasteiger partial charge in [-0.15, -0.1) is 24.0 Å². The predicted molar refractivity (Wildman–Crippen MR) is 125 cm³/mol. The van der Waals surface area contributed by atoms with E-state index in [0.717, 1.165) is 62.4 Å². The molecule has 0 bridgehead atoms. The molecule has 1 fully saturated rings. The lowest BCUT2D eigenvalue weighted by Crippen LogP contribution is -2.43. The number of aliphatic imine (C=N–C) groups is 1. The first kappa shape index (κ1) is 24.2. The highest BCUT2D eigenvalue weighted by Crippen LogP contribution is 2.17. The molecule has 1 aliphatic heterocycles. The molecule has 8 heteroatoms. The summed E-state index contributed by atoms with van der Waals surface area (Å²) < 4.78 is 1.11. The molecule has 1 unspecified atom stereocenters. The molecule has 6 nitrogen and oxygen atoms in total. The van der Waals surface area contributed by atoms with Crippen molar-refractivity contribution in [2.75, 3.05) is 40.3 Å². The van der Waals surface area contributed by atoms with Crippen LogP contribution in [0.4, 0.5) is 0 Å². The van der Waals surface area contributed by atoms with Gasteiger partial charge in [0.05, 0.1) is 5.92 Å². The van der Waals surface area contributed by atoms with E-state index in [-0.39, 0.29) is 35.8 Å². The van der Waals surface area contributed by atoms with Gasteiger partial charge in [-0.1, -0.05) is 34.1 Å². The Morgan fingerprint density at radius 3 is 2.85 bits per heavy atom. The molecular formula is C19H31BrIN5O. The van der Waals surface area contributed by atoms with Gasteiger partial charge in [0.25, 0.3) is 0 Å². The molecule has 1 aliphatic rings. The third kappa shape index (κ3) is 7.95. The number of rotatable bonds is 7. The molecule has 1 aromatic carbocycles. The quantitative estimate of drug-likeness (QED) is 0.236. The summed E-state index contributed by atoms with van der Waals surface area (Å²) in [5.41, 5.74) is 6.67. The van der Waals surface area contributed by atoms with E-state index >= 15 is 0 Å². The van der Waals surface area contributed by atoms with Crippen molar-refractivity contribution in [3.05, 3.63) is 34.3 Å². The molecule has 0 radical (unpaired) electrons. The van der Waals surface area contributed by atoms with E-state index < -0.39 is 0 Å². The Labute approximate surface area is 188 Å². The van der Waals surface area contributed by atoms with Crippen molar-refractivity contribution in [1.82, 2.24) is 15.1 Å². The molecule has 0 aliphatic carbocycles. The van der Waals surface area contributed by atoms with Crippen molar-refractivity contribution >= 4 is 51.8 Å². The van der Waals surface area contributed by atoms with Crippen molar-refractivity contribution in [1.29, 1.82) is 0 Å². The molecule has 1 aromatic rings. The summed E-state index contributed by atoms with van der Waals surface area (Å²) in [4.78, 5) is 20.2. The van der Waals surface area contributed by atoms with Crippen molar-refractivity contribution in [3.8, 4) is 0 Å². The van der Waals surface area contributed by atoms with E-state index in [4.69, 9.17) is 5.73 Å². The number of carbonyl (C=O) groups is 1. The van der Waals surface area contributed by atoms with Crippen LogP contribution < -0.4 is 11.1 Å². The number of benzene rings is 1. The fourth-order valence-electron chi connectivity index (χ4n) is 3.34. The second-order valence-corrected chi connectivity index (χ2v) is 7.67. The number of amides is 1. The minimum Gasteiger partial charge on any atom is -0.369 e. The van der Waals surface area contributed by atoms with E-state index in [1.54, 1.807) is 7.05 Å². The normalized spacial score (nSPS) is 17.9. The van der Waals surface area contributed by atoms with Crippen molar-refractivity contribution in [2.45, 2.75) is 25.8 Å². The number of halogens is 2. The zero-order valence-electron chi connectivity index (χ0n) is 16.2. The van der Waals surface area contributed by atoms with Gasteiger partial charge in [0.2, 0.25) is 5.91 Å². The monoisotopic (exact) mass is 551 g/mol. The Hall–Kier alpha value is -0.870. The summed E-state index contributed by atoms with van der Waals surface area (Å²) >= 11 is 3.59. The second-order valence-electron chi connectivity index (χ2n) is 6.82. The summed E-state index contributed by atoms with van der Waals surface area (Å²) in [6, 6.07) is 8.23. The first-order chi connectivity index (χ1) is 12.5. The van der Waals surface area contributed by atoms with Crippen LogP contribution in [0, 0.1) is 5.92 Å². The van der Waals surface area contributed by atoms with Gasteiger partial charge in [0.15, 0.2) is 5.96 Å². The fourth-order valence-corrected chi connectivity index (χ4v) is 3.75. The number of piperidine rings is 1. The lowest BCUT2D eigenvalue weighted by atomic mass is 9.97. The number of nitrogens with zero attached hydrogens (tertiary/aromatic N) is 3. The molecule has 1 saturated heterocycles. The van der Waals surface area contributed by atoms with Gasteiger partial charge >= 0.3 is 0 Å². The molecule has 3 N–H and O–H groups in total. The summed E-state index contributed by atoms with van der Waals surface area (Å²) in [6.07, 6.45) is 2.99. The molecule has 0 spiro atoms. The van der Waals surface area contributed by atoms with Crippen LogP contribution in [0.3, 0.4) is 0 Å². The van der Waals surface area contributed by atoms with Crippen LogP contribution in [0.2, 0.25) is 0 Å². The third-order valence-corrected chi connectivity index (χ3v) is 5.55. The van der Waals surface area contributed by atoms with Gasteiger partial charge in [-0.05, 0) is 44.0 Å². The molecule has 1 heterocycles. The minimum absolute atomic E-state index is 0. The maximum absolute atomic E-state index is 11.4. The SMILES string of the molecule is CN=C(NCCCN1CCCC(C(N)=O)C1)N(C)Cc1ccccc1Br.I. The standard InChI is InChI=1S/C19H30BrN5O.HI/c1-22-19(24(2)13-15-7-3-4-9-17(15)20)23-10-6-12-25-11-5-8-16(14-25)18(21)26;/h3-4,7,9,16H,5-6,8,10-14H2,1-2H3,(H2,21,26)(H,22,23);1H. The Balaban J connectivity index is 0.00000364. The van der Waals surface area contributed by atoms with Crippen LogP contribution in [0.5, 0.6) is 0 Å². The van der Waals surface area contributed by atoms with Crippen LogP contribution in [-0.2, 0) is 11.3 Å². The van der Waals surface area contributed by atoms with Gasteiger partial charge in [0, 0.05) is 38.2 Å². The number of guanidine groups is 1. The summed E-state index contributed by atoms with van der Waals surface area (Å²) in [5, 5.41) is 3.42. The van der Waals surface area contributed by atoms with E-state index in [0.29, 0.717) is 0 Å². The van der Waals surface area contributed by atoms with Gasteiger partial charge in [-0.25, -0.2) is 0 Å². The van der Waals surface area contributed by atoms with Crippen molar-refractivity contribution in [2.24, 2.45) is 16.6 Å². The largest absolute Gasteiger partial charge is 0.369 e. The van der Waals surface area contributed by atoms with E-state index in [2.05, 4.69) is 48.2 Å². The number of nitrogens with one attached hydrogen (secondary N) is 1. The molecule has 152 valence electrons. The Bertz CT molecular complexity index is 628. The fraction of sp³-hybridized carbons (Fsp3) is 0.579. The zero-order chi connectivity index (χ0) is 18.9. The molecule has 1 atom stereocenters. The van der Waals surface area contributed by atoms with Gasteiger partial charge in [-0.2, -0.15) is 0 Å². The highest BCUT2D eigenvalue weighted by molar-refractivity contribution is 14.0. The second kappa shape index (κ2) is 12.6. The highest BCUT2D eigenvalue weighted by atomic mass is 127. The summed E-state index contributed by atoms with van der Waals surface area (Å²) in [5.74, 6) is 0.733. The average molecular weight is 552 g/mol. The number of hydrogen-bond donors (Lipinski definition) is 2. The topological polar surface area (TPSA) is 74.0 Å². The van der Waals surface area contributed by atoms with Gasteiger partial charge in [-0.3, -0.25) is 9.79 Å². The Morgan fingerprint density at radius 1 is 1.44 bits per heavy atom. The zero-order valence-corrected chi connectivity index (χ0v) is 20.1. The van der Waals surface area contributed by atoms with Crippen molar-refractivity contribution < 1.29 is 4.79 Å². The predicted octanol–water partition coefficient (Wildman–Crippen LogP) is 2.66. The Kier molecular flexibility index (Phi) is 11.2. The summed E-state index contributed by atoms with van der Waals surface area (Å²) in [6.45, 7) is 4.46. The lowest BCUT2D eigenvalue weighted by molar-refractivity contribution is -0.123. The maximum Gasteiger partial charge on any atom is 0.221 e. The molecule has 0 aromatic heterocycles. The molecule has 2 rings (SSSR count). The number of carbonyl (C=O) groups excluding carboxylic acids is 1. The van der Waals surface area contributed by atoms with E-state index in [1.807, 2.05) is 19.2 Å². The number of likely N-dealkylation sites (tertiary alicyclic amines) is 1. The van der Waals surface area contributed by atoms with Crippen LogP contribution in [0.25, 0.3) is 0 Å². The van der Waals surface area contributed by atoms with Gasteiger partial charge < -0.3 is 20.9 Å². The number of hydrogen-bond acceptors (Lipinski definition) is 3.